The summed E-state index contributed by atoms with van der Waals surface area (Å²) in [5.41, 5.74) is 3.55. The maximum absolute atomic E-state index is 13.9. The van der Waals surface area contributed by atoms with Crippen molar-refractivity contribution in [2.45, 2.75) is 24.4 Å². The first-order valence-corrected chi connectivity index (χ1v) is 14.6. The van der Waals surface area contributed by atoms with Crippen molar-refractivity contribution in [1.29, 1.82) is 0 Å². The van der Waals surface area contributed by atoms with E-state index in [1.54, 1.807) is 60.5 Å². The number of nitrogens with zero attached hydrogens (tertiary/aromatic N) is 2. The molecule has 0 aliphatic heterocycles. The first-order valence-electron chi connectivity index (χ1n) is 13.1. The van der Waals surface area contributed by atoms with Crippen molar-refractivity contribution in [3.05, 3.63) is 114 Å². The van der Waals surface area contributed by atoms with Crippen LogP contribution in [0.2, 0.25) is 0 Å². The summed E-state index contributed by atoms with van der Waals surface area (Å²) in [5.74, 6) is 1.07. The normalized spacial score (nSPS) is 11.8. The van der Waals surface area contributed by atoms with Gasteiger partial charge in [-0.1, -0.05) is 30.3 Å². The minimum absolute atomic E-state index is 0.116. The molecule has 0 heterocycles. The van der Waals surface area contributed by atoms with E-state index in [4.69, 9.17) is 9.47 Å². The highest BCUT2D eigenvalue weighted by Gasteiger charge is 2.25. The zero-order valence-corrected chi connectivity index (χ0v) is 24.7. The highest BCUT2D eigenvalue weighted by Crippen LogP contribution is 2.31. The maximum atomic E-state index is 13.9. The lowest BCUT2D eigenvalue weighted by Crippen LogP contribution is -2.33. The summed E-state index contributed by atoms with van der Waals surface area (Å²) < 4.78 is 39.4. The molecule has 8 nitrogen and oxygen atoms in total. The predicted molar refractivity (Wildman–Crippen MR) is 162 cm³/mol. The Hall–Kier alpha value is -4.50. The van der Waals surface area contributed by atoms with Crippen LogP contribution in [-0.2, 0) is 16.6 Å². The summed E-state index contributed by atoms with van der Waals surface area (Å²) in [6, 6.07) is 28.1. The van der Waals surface area contributed by atoms with Gasteiger partial charge in [0.15, 0.2) is 0 Å². The van der Waals surface area contributed by atoms with Gasteiger partial charge in [0.25, 0.3) is 15.9 Å². The number of amides is 1. The van der Waals surface area contributed by atoms with E-state index in [0.717, 1.165) is 16.8 Å². The summed E-state index contributed by atoms with van der Waals surface area (Å²) in [4.78, 5) is 17.8. The number of hydrogen-bond donors (Lipinski definition) is 1. The Balaban J connectivity index is 1.71. The third-order valence-corrected chi connectivity index (χ3v) is 8.27. The van der Waals surface area contributed by atoms with E-state index in [1.165, 1.54) is 19.2 Å². The SMILES string of the molecule is COc1ccc(C(=O)N(Cc2cc(NS(=O)(=O)c3ccc(OC)cc3)ccc2N(C)C)C(C)c2ccccc2)cc1. The Morgan fingerprint density at radius 1 is 0.829 bits per heavy atom. The minimum Gasteiger partial charge on any atom is -0.497 e. The van der Waals surface area contributed by atoms with Gasteiger partial charge in [0.05, 0.1) is 25.2 Å². The van der Waals surface area contributed by atoms with Gasteiger partial charge in [-0.25, -0.2) is 8.42 Å². The average molecular weight is 574 g/mol. The third kappa shape index (κ3) is 6.99. The number of anilines is 2. The number of sulfonamides is 1. The van der Waals surface area contributed by atoms with Gasteiger partial charge in [0, 0.05) is 37.6 Å². The van der Waals surface area contributed by atoms with E-state index in [0.29, 0.717) is 22.7 Å². The lowest BCUT2D eigenvalue weighted by atomic mass is 10.0. The van der Waals surface area contributed by atoms with Gasteiger partial charge in [-0.2, -0.15) is 0 Å². The van der Waals surface area contributed by atoms with Crippen LogP contribution in [0, 0.1) is 0 Å². The second kappa shape index (κ2) is 12.8. The number of carbonyl (C=O) groups excluding carboxylic acids is 1. The van der Waals surface area contributed by atoms with Gasteiger partial charge in [-0.15, -0.1) is 0 Å². The lowest BCUT2D eigenvalue weighted by molar-refractivity contribution is 0.0674. The molecule has 0 aromatic heterocycles. The lowest BCUT2D eigenvalue weighted by Gasteiger charge is -2.32. The van der Waals surface area contributed by atoms with Crippen LogP contribution in [0.5, 0.6) is 11.5 Å². The highest BCUT2D eigenvalue weighted by molar-refractivity contribution is 7.92. The Bertz CT molecular complexity index is 1570. The van der Waals surface area contributed by atoms with Crippen molar-refractivity contribution < 1.29 is 22.7 Å². The summed E-state index contributed by atoms with van der Waals surface area (Å²) >= 11 is 0. The van der Waals surface area contributed by atoms with Crippen LogP contribution in [0.15, 0.2) is 102 Å². The molecular formula is C32H35N3O5S. The summed E-state index contributed by atoms with van der Waals surface area (Å²) in [5, 5.41) is 0. The van der Waals surface area contributed by atoms with Crippen molar-refractivity contribution in [3.8, 4) is 11.5 Å². The summed E-state index contributed by atoms with van der Waals surface area (Å²) in [6.07, 6.45) is 0. The highest BCUT2D eigenvalue weighted by atomic mass is 32.2. The third-order valence-electron chi connectivity index (χ3n) is 6.87. The Kier molecular flexibility index (Phi) is 9.19. The summed E-state index contributed by atoms with van der Waals surface area (Å²) in [7, 11) is 3.08. The smallest absolute Gasteiger partial charge is 0.261 e. The molecule has 0 spiro atoms. The molecule has 4 rings (SSSR count). The number of rotatable bonds is 11. The molecule has 1 amide bonds. The van der Waals surface area contributed by atoms with Crippen molar-refractivity contribution in [2.75, 3.05) is 37.9 Å². The topological polar surface area (TPSA) is 88.2 Å². The first kappa shape index (κ1) is 29.5. The molecule has 1 N–H and O–H groups in total. The molecule has 4 aromatic rings. The van der Waals surface area contributed by atoms with E-state index in [-0.39, 0.29) is 23.4 Å². The zero-order chi connectivity index (χ0) is 29.6. The zero-order valence-electron chi connectivity index (χ0n) is 23.9. The van der Waals surface area contributed by atoms with Crippen molar-refractivity contribution in [2.24, 2.45) is 0 Å². The number of methoxy groups -OCH3 is 2. The first-order chi connectivity index (χ1) is 19.6. The van der Waals surface area contributed by atoms with Crippen molar-refractivity contribution >= 4 is 27.3 Å². The van der Waals surface area contributed by atoms with Crippen LogP contribution in [0.25, 0.3) is 0 Å². The van der Waals surface area contributed by atoms with Crippen molar-refractivity contribution in [3.63, 3.8) is 0 Å². The molecule has 0 saturated carbocycles. The van der Waals surface area contributed by atoms with E-state index in [2.05, 4.69) is 4.72 Å². The standard InChI is InChI=1S/C32H35N3O5S/c1-23(24-9-7-6-8-10-24)35(32(36)25-11-14-28(39-4)15-12-25)22-26-21-27(13-20-31(26)34(2)3)33-41(37,38)30-18-16-29(40-5)17-19-30/h6-21,23,33H,22H2,1-5H3. The van der Waals surface area contributed by atoms with E-state index in [9.17, 15) is 13.2 Å². The largest absolute Gasteiger partial charge is 0.497 e. The van der Waals surface area contributed by atoms with E-state index in [1.807, 2.05) is 62.3 Å². The van der Waals surface area contributed by atoms with Crippen LogP contribution in [-0.4, -0.2) is 47.5 Å². The van der Waals surface area contributed by atoms with Gasteiger partial charge < -0.3 is 19.3 Å². The van der Waals surface area contributed by atoms with E-state index < -0.39 is 10.0 Å². The van der Waals surface area contributed by atoms with Crippen molar-refractivity contribution in [1.82, 2.24) is 4.90 Å². The van der Waals surface area contributed by atoms with Gasteiger partial charge in [-0.3, -0.25) is 9.52 Å². The molecule has 41 heavy (non-hydrogen) atoms. The quantitative estimate of drug-likeness (QED) is 0.238. The molecule has 4 aromatic carbocycles. The minimum atomic E-state index is -3.85. The number of benzene rings is 4. The maximum Gasteiger partial charge on any atom is 0.261 e. The number of ether oxygens (including phenoxy) is 2. The number of nitrogens with one attached hydrogen (secondary N) is 1. The second-order valence-corrected chi connectivity index (χ2v) is 11.4. The molecule has 0 aliphatic carbocycles. The Labute approximate surface area is 242 Å². The molecule has 0 fully saturated rings. The molecule has 214 valence electrons. The number of hydrogen-bond acceptors (Lipinski definition) is 6. The van der Waals surface area contributed by atoms with Gasteiger partial charge in [0.1, 0.15) is 11.5 Å². The molecule has 0 aliphatic rings. The fraction of sp³-hybridized carbons (Fsp3) is 0.219. The van der Waals surface area contributed by atoms with Crippen LogP contribution in [0.3, 0.4) is 0 Å². The van der Waals surface area contributed by atoms with Crippen LogP contribution < -0.4 is 19.1 Å². The van der Waals surface area contributed by atoms with Crippen LogP contribution in [0.4, 0.5) is 11.4 Å². The fourth-order valence-electron chi connectivity index (χ4n) is 4.56. The molecule has 0 radical (unpaired) electrons. The fourth-order valence-corrected chi connectivity index (χ4v) is 5.61. The van der Waals surface area contributed by atoms with Gasteiger partial charge in [0.2, 0.25) is 0 Å². The van der Waals surface area contributed by atoms with Crippen LogP contribution >= 0.6 is 0 Å². The molecule has 9 heteroatoms. The molecule has 1 atom stereocenters. The molecule has 1 unspecified atom stereocenters. The number of carbonyl (C=O) groups is 1. The summed E-state index contributed by atoms with van der Waals surface area (Å²) in [6.45, 7) is 2.23. The predicted octanol–water partition coefficient (Wildman–Crippen LogP) is 5.97. The molecule has 0 saturated heterocycles. The molecular weight excluding hydrogens is 538 g/mol. The monoisotopic (exact) mass is 573 g/mol. The average Bonchev–Trinajstić information content (AvgIpc) is 2.99. The molecule has 0 bridgehead atoms. The Morgan fingerprint density at radius 2 is 1.41 bits per heavy atom. The van der Waals surface area contributed by atoms with Gasteiger partial charge >= 0.3 is 0 Å². The van der Waals surface area contributed by atoms with Crippen LogP contribution in [0.1, 0.15) is 34.5 Å². The van der Waals surface area contributed by atoms with E-state index >= 15 is 0 Å². The second-order valence-electron chi connectivity index (χ2n) is 9.77. The van der Waals surface area contributed by atoms with Gasteiger partial charge in [-0.05, 0) is 84.8 Å². The Morgan fingerprint density at radius 3 is 1.98 bits per heavy atom.